The smallest absolute Gasteiger partial charge is 0.422 e. The molecule has 0 saturated heterocycles. The van der Waals surface area contributed by atoms with Crippen LogP contribution in [0.1, 0.15) is 16.7 Å². The van der Waals surface area contributed by atoms with E-state index in [9.17, 15) is 9.59 Å². The van der Waals surface area contributed by atoms with Gasteiger partial charge >= 0.3 is 11.7 Å². The van der Waals surface area contributed by atoms with E-state index < -0.39 is 11.7 Å². The van der Waals surface area contributed by atoms with Crippen molar-refractivity contribution in [1.29, 1.82) is 0 Å². The minimum Gasteiger partial charge on any atom is -0.422 e. The summed E-state index contributed by atoms with van der Waals surface area (Å²) in [5.74, 6) is 0.309. The number of amides is 1. The quantitative estimate of drug-likeness (QED) is 0.702. The predicted octanol–water partition coefficient (Wildman–Crippen LogP) is 4.22. The Labute approximate surface area is 149 Å². The van der Waals surface area contributed by atoms with E-state index in [0.717, 1.165) is 16.5 Å². The number of rotatable bonds is 2. The summed E-state index contributed by atoms with van der Waals surface area (Å²) in [6.07, 6.45) is -0.613. The Bertz CT molecular complexity index is 1130. The molecule has 0 saturated carbocycles. The Balaban J connectivity index is 1.84. The molecule has 3 aromatic rings. The lowest BCUT2D eigenvalue weighted by molar-refractivity contribution is 0.175. The number of anilines is 1. The summed E-state index contributed by atoms with van der Waals surface area (Å²) in [5.41, 5.74) is 6.23. The van der Waals surface area contributed by atoms with Crippen LogP contribution in [0.5, 0.6) is 5.75 Å². The highest BCUT2D eigenvalue weighted by Crippen LogP contribution is 2.38. The number of aryl methyl sites for hydroxylation is 2. The molecule has 0 aliphatic carbocycles. The first-order chi connectivity index (χ1) is 12.4. The highest BCUT2D eigenvalue weighted by molar-refractivity contribution is 5.99. The first-order valence-electron chi connectivity index (χ1n) is 8.06. The van der Waals surface area contributed by atoms with Crippen LogP contribution in [0.3, 0.4) is 0 Å². The molecule has 2 heterocycles. The maximum Gasteiger partial charge on any atom is 0.438 e. The Morgan fingerprint density at radius 2 is 1.88 bits per heavy atom. The van der Waals surface area contributed by atoms with E-state index in [1.165, 1.54) is 11.1 Å². The zero-order chi connectivity index (χ0) is 18.4. The van der Waals surface area contributed by atoms with Gasteiger partial charge in [0.25, 0.3) is 0 Å². The van der Waals surface area contributed by atoms with Crippen molar-refractivity contribution in [3.8, 4) is 5.75 Å². The number of carbonyl (C=O) groups excluding carboxylic acids is 1. The van der Waals surface area contributed by atoms with Crippen molar-refractivity contribution >= 4 is 28.4 Å². The topological polar surface area (TPSA) is 71.8 Å². The third kappa shape index (κ3) is 2.52. The first kappa shape index (κ1) is 16.0. The summed E-state index contributed by atoms with van der Waals surface area (Å²) in [7, 11) is 0. The van der Waals surface area contributed by atoms with E-state index in [2.05, 4.69) is 12.0 Å². The van der Waals surface area contributed by atoms with E-state index in [4.69, 9.17) is 9.15 Å². The molecule has 6 heteroatoms. The van der Waals surface area contributed by atoms with Crippen LogP contribution >= 0.6 is 0 Å². The minimum atomic E-state index is -0.613. The lowest BCUT2D eigenvalue weighted by atomic mass is 10.0. The average molecular weight is 348 g/mol. The second kappa shape index (κ2) is 5.77. The summed E-state index contributed by atoms with van der Waals surface area (Å²) < 4.78 is 10.8. The molecule has 6 nitrogen and oxygen atoms in total. The molecule has 26 heavy (non-hydrogen) atoms. The van der Waals surface area contributed by atoms with Gasteiger partial charge in [0.2, 0.25) is 0 Å². The second-order valence-corrected chi connectivity index (χ2v) is 6.20. The van der Waals surface area contributed by atoms with Gasteiger partial charge in [-0.3, -0.25) is 5.43 Å². The summed E-state index contributed by atoms with van der Waals surface area (Å²) in [5, 5.41) is 1.97. The van der Waals surface area contributed by atoms with Gasteiger partial charge in [-0.05, 0) is 49.2 Å². The molecule has 1 aliphatic heterocycles. The van der Waals surface area contributed by atoms with Crippen molar-refractivity contribution in [2.24, 2.45) is 0 Å². The fourth-order valence-electron chi connectivity index (χ4n) is 3.04. The van der Waals surface area contributed by atoms with Crippen LogP contribution in [-0.4, -0.2) is 11.1 Å². The normalized spacial score (nSPS) is 13.5. The van der Waals surface area contributed by atoms with Crippen molar-refractivity contribution in [2.45, 2.75) is 13.8 Å². The average Bonchev–Trinajstić information content (AvgIpc) is 2.58. The molecule has 1 amide bonds. The van der Waals surface area contributed by atoms with Crippen molar-refractivity contribution in [3.05, 3.63) is 76.2 Å². The molecular weight excluding hydrogens is 332 g/mol. The third-order valence-corrected chi connectivity index (χ3v) is 4.28. The zero-order valence-electron chi connectivity index (χ0n) is 14.3. The first-order valence-corrected chi connectivity index (χ1v) is 8.06. The SMILES string of the molecule is C=C1c2c(ccc3c(C)cc(=O)oc23)OC(=O)N1Nc1cccc(C)c1. The van der Waals surface area contributed by atoms with Crippen LogP contribution in [0.4, 0.5) is 10.5 Å². The molecule has 0 fully saturated rings. The van der Waals surface area contributed by atoms with Gasteiger partial charge < -0.3 is 9.15 Å². The molecule has 1 aromatic heterocycles. The van der Waals surface area contributed by atoms with Crippen LogP contribution in [-0.2, 0) is 0 Å². The fourth-order valence-corrected chi connectivity index (χ4v) is 3.04. The van der Waals surface area contributed by atoms with Gasteiger partial charge in [-0.25, -0.2) is 9.59 Å². The van der Waals surface area contributed by atoms with Crippen LogP contribution in [0, 0.1) is 13.8 Å². The Morgan fingerprint density at radius 1 is 1.08 bits per heavy atom. The van der Waals surface area contributed by atoms with E-state index in [0.29, 0.717) is 28.3 Å². The number of hydrogen-bond donors (Lipinski definition) is 1. The van der Waals surface area contributed by atoms with Gasteiger partial charge in [-0.1, -0.05) is 18.7 Å². The highest BCUT2D eigenvalue weighted by atomic mass is 16.6. The van der Waals surface area contributed by atoms with Gasteiger partial charge in [0.1, 0.15) is 5.75 Å². The van der Waals surface area contributed by atoms with Crippen LogP contribution in [0.25, 0.3) is 16.7 Å². The fraction of sp³-hybridized carbons (Fsp3) is 0.100. The minimum absolute atomic E-state index is 0.309. The van der Waals surface area contributed by atoms with Gasteiger partial charge in [-0.15, -0.1) is 0 Å². The number of carbonyl (C=O) groups is 1. The van der Waals surface area contributed by atoms with E-state index in [1.54, 1.807) is 12.1 Å². The van der Waals surface area contributed by atoms with E-state index >= 15 is 0 Å². The number of benzene rings is 2. The molecule has 1 N–H and O–H groups in total. The number of nitrogens with zero attached hydrogens (tertiary/aromatic N) is 1. The molecule has 130 valence electrons. The molecule has 1 aliphatic rings. The Hall–Kier alpha value is -3.54. The molecule has 2 aromatic carbocycles. The second-order valence-electron chi connectivity index (χ2n) is 6.20. The maximum atomic E-state index is 12.4. The molecule has 0 bridgehead atoms. The molecule has 0 spiro atoms. The summed E-state index contributed by atoms with van der Waals surface area (Å²) in [4.78, 5) is 24.3. The molecule has 0 radical (unpaired) electrons. The van der Waals surface area contributed by atoms with Crippen LogP contribution in [0.2, 0.25) is 0 Å². The number of hydrogen-bond acceptors (Lipinski definition) is 5. The van der Waals surface area contributed by atoms with E-state index in [1.807, 2.05) is 38.1 Å². The van der Waals surface area contributed by atoms with Crippen molar-refractivity contribution in [1.82, 2.24) is 5.01 Å². The highest BCUT2D eigenvalue weighted by Gasteiger charge is 2.32. The van der Waals surface area contributed by atoms with Crippen LogP contribution < -0.4 is 15.8 Å². The zero-order valence-corrected chi connectivity index (χ0v) is 14.3. The van der Waals surface area contributed by atoms with Gasteiger partial charge in [-0.2, -0.15) is 5.01 Å². The molecule has 0 atom stereocenters. The molecule has 0 unspecified atom stereocenters. The van der Waals surface area contributed by atoms with Crippen molar-refractivity contribution in [3.63, 3.8) is 0 Å². The third-order valence-electron chi connectivity index (χ3n) is 4.28. The lowest BCUT2D eigenvalue weighted by Gasteiger charge is -2.30. The summed E-state index contributed by atoms with van der Waals surface area (Å²) >= 11 is 0. The van der Waals surface area contributed by atoms with Gasteiger partial charge in [0.05, 0.1) is 16.9 Å². The Morgan fingerprint density at radius 3 is 2.65 bits per heavy atom. The molecule has 4 rings (SSSR count). The number of fused-ring (bicyclic) bond motifs is 3. The monoisotopic (exact) mass is 348 g/mol. The summed E-state index contributed by atoms with van der Waals surface area (Å²) in [6.45, 7) is 7.79. The van der Waals surface area contributed by atoms with Crippen molar-refractivity contribution < 1.29 is 13.9 Å². The number of hydrazine groups is 1. The standard InChI is InChI=1S/C20H16N2O4/c1-11-5-4-6-14(9-11)21-22-13(3)18-16(25-20(22)24)8-7-15-12(2)10-17(23)26-19(15)18/h4-10,21H,3H2,1-2H3. The van der Waals surface area contributed by atoms with Gasteiger partial charge in [0.15, 0.2) is 5.58 Å². The van der Waals surface area contributed by atoms with Gasteiger partial charge in [0, 0.05) is 11.5 Å². The lowest BCUT2D eigenvalue weighted by Crippen LogP contribution is -2.39. The number of nitrogens with one attached hydrogen (secondary N) is 1. The Kier molecular flexibility index (Phi) is 3.54. The predicted molar refractivity (Wildman–Crippen MR) is 98.9 cm³/mol. The van der Waals surface area contributed by atoms with Crippen molar-refractivity contribution in [2.75, 3.05) is 5.43 Å². The van der Waals surface area contributed by atoms with E-state index in [-0.39, 0.29) is 0 Å². The molecular formula is C20H16N2O4. The number of ether oxygens (including phenoxy) is 1. The largest absolute Gasteiger partial charge is 0.438 e. The van der Waals surface area contributed by atoms with Crippen LogP contribution in [0.15, 0.2) is 58.3 Å². The summed E-state index contributed by atoms with van der Waals surface area (Å²) in [6, 6.07) is 12.4. The maximum absolute atomic E-state index is 12.4.